The van der Waals surface area contributed by atoms with E-state index in [2.05, 4.69) is 4.99 Å². The molecule has 0 saturated heterocycles. The van der Waals surface area contributed by atoms with Crippen molar-refractivity contribution in [1.82, 2.24) is 0 Å². The predicted octanol–water partition coefficient (Wildman–Crippen LogP) is 3.46. The van der Waals surface area contributed by atoms with Crippen molar-refractivity contribution in [3.05, 3.63) is 58.2 Å². The van der Waals surface area contributed by atoms with Crippen LogP contribution in [0.4, 0.5) is 0 Å². The highest BCUT2D eigenvalue weighted by Crippen LogP contribution is 2.41. The number of aliphatic imine (C=N–C) groups is 1. The number of halogens is 1. The molecule has 0 atom stereocenters. The Bertz CT molecular complexity index is 916. The van der Waals surface area contributed by atoms with Crippen LogP contribution >= 0.6 is 11.6 Å². The van der Waals surface area contributed by atoms with Gasteiger partial charge in [0.15, 0.2) is 17.2 Å². The van der Waals surface area contributed by atoms with Crippen molar-refractivity contribution in [3.8, 4) is 17.2 Å². The summed E-state index contributed by atoms with van der Waals surface area (Å²) in [5.74, 6) is 1.37. The number of carbonyl (C=O) groups is 1. The standard InChI is InChI=1S/C19H14ClNO5/c1-23-15-9-11(10-16-17(15)25-7-6-24-16)8-14-19(22)26-18(21-14)12-2-4-13(20)5-3-12/h2-5,8-10H,6-7H2,1H3/b14-8+. The fraction of sp³-hybridized carbons (Fsp3) is 0.158. The topological polar surface area (TPSA) is 66.4 Å². The Morgan fingerprint density at radius 2 is 1.92 bits per heavy atom. The van der Waals surface area contributed by atoms with Crippen LogP contribution in [0, 0.1) is 0 Å². The Morgan fingerprint density at radius 1 is 1.15 bits per heavy atom. The van der Waals surface area contributed by atoms with Crippen molar-refractivity contribution in [2.45, 2.75) is 0 Å². The Kier molecular flexibility index (Phi) is 4.26. The highest BCUT2D eigenvalue weighted by molar-refractivity contribution is 6.30. The lowest BCUT2D eigenvalue weighted by Crippen LogP contribution is -2.16. The summed E-state index contributed by atoms with van der Waals surface area (Å²) in [5.41, 5.74) is 1.55. The van der Waals surface area contributed by atoms with Gasteiger partial charge in [-0.1, -0.05) is 11.6 Å². The van der Waals surface area contributed by atoms with E-state index in [4.69, 9.17) is 30.5 Å². The van der Waals surface area contributed by atoms with E-state index in [1.165, 1.54) is 0 Å². The Morgan fingerprint density at radius 3 is 2.69 bits per heavy atom. The first-order valence-corrected chi connectivity index (χ1v) is 8.28. The van der Waals surface area contributed by atoms with E-state index in [0.29, 0.717) is 46.6 Å². The van der Waals surface area contributed by atoms with Gasteiger partial charge in [-0.15, -0.1) is 0 Å². The molecule has 0 fully saturated rings. The summed E-state index contributed by atoms with van der Waals surface area (Å²) >= 11 is 5.88. The number of methoxy groups -OCH3 is 1. The number of rotatable bonds is 3. The molecule has 2 aliphatic rings. The number of benzene rings is 2. The zero-order chi connectivity index (χ0) is 18.1. The molecule has 0 aromatic heterocycles. The average molecular weight is 372 g/mol. The third-order valence-electron chi connectivity index (χ3n) is 3.87. The van der Waals surface area contributed by atoms with Gasteiger partial charge >= 0.3 is 5.97 Å². The van der Waals surface area contributed by atoms with Gasteiger partial charge in [0.25, 0.3) is 0 Å². The van der Waals surface area contributed by atoms with E-state index in [1.807, 2.05) is 0 Å². The Labute approximate surface area is 154 Å². The number of hydrogen-bond donors (Lipinski definition) is 0. The molecule has 2 aliphatic heterocycles. The van der Waals surface area contributed by atoms with Crippen molar-refractivity contribution in [2.24, 2.45) is 4.99 Å². The maximum atomic E-state index is 12.2. The van der Waals surface area contributed by atoms with Crippen LogP contribution in [0.2, 0.25) is 5.02 Å². The lowest BCUT2D eigenvalue weighted by molar-refractivity contribution is -0.129. The summed E-state index contributed by atoms with van der Waals surface area (Å²) in [5, 5.41) is 0.595. The van der Waals surface area contributed by atoms with Crippen LogP contribution in [0.15, 0.2) is 47.1 Å². The third kappa shape index (κ3) is 3.11. The van der Waals surface area contributed by atoms with Crippen molar-refractivity contribution >= 4 is 29.5 Å². The van der Waals surface area contributed by atoms with Gasteiger partial charge < -0.3 is 18.9 Å². The summed E-state index contributed by atoms with van der Waals surface area (Å²) in [6.07, 6.45) is 1.62. The van der Waals surface area contributed by atoms with E-state index in [-0.39, 0.29) is 11.6 Å². The second kappa shape index (κ2) is 6.72. The smallest absolute Gasteiger partial charge is 0.363 e. The summed E-state index contributed by atoms with van der Waals surface area (Å²) in [6.45, 7) is 0.919. The minimum absolute atomic E-state index is 0.189. The van der Waals surface area contributed by atoms with Crippen molar-refractivity contribution in [2.75, 3.05) is 20.3 Å². The van der Waals surface area contributed by atoms with Gasteiger partial charge in [-0.05, 0) is 48.0 Å². The molecule has 0 aliphatic carbocycles. The molecule has 26 heavy (non-hydrogen) atoms. The molecule has 6 nitrogen and oxygen atoms in total. The number of cyclic esters (lactones) is 1. The van der Waals surface area contributed by atoms with Crippen molar-refractivity contribution in [1.29, 1.82) is 0 Å². The van der Waals surface area contributed by atoms with E-state index >= 15 is 0 Å². The monoisotopic (exact) mass is 371 g/mol. The van der Waals surface area contributed by atoms with Crippen LogP contribution in [0.25, 0.3) is 6.08 Å². The minimum atomic E-state index is -0.524. The summed E-state index contributed by atoms with van der Waals surface area (Å²) in [7, 11) is 1.55. The SMILES string of the molecule is COc1cc(/C=C2/N=C(c3ccc(Cl)cc3)OC2=O)cc2c1OCCO2. The zero-order valence-corrected chi connectivity index (χ0v) is 14.6. The van der Waals surface area contributed by atoms with E-state index in [9.17, 15) is 4.79 Å². The molecule has 0 bridgehead atoms. The van der Waals surface area contributed by atoms with Crippen LogP contribution in [-0.2, 0) is 9.53 Å². The van der Waals surface area contributed by atoms with Gasteiger partial charge in [-0.25, -0.2) is 9.79 Å². The molecule has 4 rings (SSSR count). The van der Waals surface area contributed by atoms with Crippen LogP contribution in [0.1, 0.15) is 11.1 Å². The van der Waals surface area contributed by atoms with Crippen molar-refractivity contribution < 1.29 is 23.7 Å². The second-order valence-corrected chi connectivity index (χ2v) is 6.03. The minimum Gasteiger partial charge on any atom is -0.493 e. The molecular weight excluding hydrogens is 358 g/mol. The first-order chi connectivity index (χ1) is 12.6. The normalized spacial score (nSPS) is 17.1. The highest BCUT2D eigenvalue weighted by atomic mass is 35.5. The molecule has 0 unspecified atom stereocenters. The van der Waals surface area contributed by atoms with Crippen LogP contribution in [-0.4, -0.2) is 32.2 Å². The maximum absolute atomic E-state index is 12.2. The molecule has 0 radical (unpaired) electrons. The lowest BCUT2D eigenvalue weighted by Gasteiger charge is -2.20. The Balaban J connectivity index is 1.69. The Hall–Kier alpha value is -2.99. The molecule has 0 spiro atoms. The molecule has 7 heteroatoms. The molecule has 2 heterocycles. The van der Waals surface area contributed by atoms with Gasteiger partial charge in [-0.2, -0.15) is 0 Å². The van der Waals surface area contributed by atoms with E-state index in [1.54, 1.807) is 49.6 Å². The molecule has 0 amide bonds. The fourth-order valence-corrected chi connectivity index (χ4v) is 2.79. The second-order valence-electron chi connectivity index (χ2n) is 5.59. The summed E-state index contributed by atoms with van der Waals surface area (Å²) in [6, 6.07) is 10.4. The zero-order valence-electron chi connectivity index (χ0n) is 13.8. The molecular formula is C19H14ClNO5. The summed E-state index contributed by atoms with van der Waals surface area (Å²) < 4.78 is 21.8. The lowest BCUT2D eigenvalue weighted by atomic mass is 10.1. The van der Waals surface area contributed by atoms with Crippen LogP contribution in [0.3, 0.4) is 0 Å². The van der Waals surface area contributed by atoms with Gasteiger partial charge in [0.1, 0.15) is 13.2 Å². The summed E-state index contributed by atoms with van der Waals surface area (Å²) in [4.78, 5) is 16.4. The van der Waals surface area contributed by atoms with Gasteiger partial charge in [0.05, 0.1) is 7.11 Å². The van der Waals surface area contributed by atoms with Crippen LogP contribution < -0.4 is 14.2 Å². The van der Waals surface area contributed by atoms with Gasteiger partial charge in [0.2, 0.25) is 11.6 Å². The molecule has 2 aromatic carbocycles. The molecule has 0 saturated carbocycles. The fourth-order valence-electron chi connectivity index (χ4n) is 2.66. The van der Waals surface area contributed by atoms with Crippen molar-refractivity contribution in [3.63, 3.8) is 0 Å². The third-order valence-corrected chi connectivity index (χ3v) is 4.12. The first-order valence-electron chi connectivity index (χ1n) is 7.90. The quantitative estimate of drug-likeness (QED) is 0.610. The number of esters is 1. The number of carbonyl (C=O) groups excluding carboxylic acids is 1. The molecule has 2 aromatic rings. The number of ether oxygens (including phenoxy) is 4. The van der Waals surface area contributed by atoms with Gasteiger partial charge in [-0.3, -0.25) is 0 Å². The predicted molar refractivity (Wildman–Crippen MR) is 96.0 cm³/mol. The van der Waals surface area contributed by atoms with E-state index in [0.717, 1.165) is 0 Å². The average Bonchev–Trinajstić information content (AvgIpc) is 3.02. The van der Waals surface area contributed by atoms with E-state index < -0.39 is 5.97 Å². The van der Waals surface area contributed by atoms with Crippen LogP contribution in [0.5, 0.6) is 17.2 Å². The number of fused-ring (bicyclic) bond motifs is 1. The molecule has 0 N–H and O–H groups in total. The largest absolute Gasteiger partial charge is 0.493 e. The highest BCUT2D eigenvalue weighted by Gasteiger charge is 2.25. The number of hydrogen-bond acceptors (Lipinski definition) is 6. The maximum Gasteiger partial charge on any atom is 0.363 e. The molecule has 132 valence electrons. The first kappa shape index (κ1) is 16.5. The number of nitrogens with zero attached hydrogens (tertiary/aromatic N) is 1. The van der Waals surface area contributed by atoms with Gasteiger partial charge in [0, 0.05) is 10.6 Å².